The number of nitrogens with one attached hydrogen (secondary N) is 1. The normalized spacial score (nSPS) is 15.3. The standard InChI is InChI=1S/C9H8BrClN2O/c10-7-3-5(11)4-12-8(7)9(14)13-6-1-2-6/h3-4,6H,1-2H2,(H,13,14). The van der Waals surface area contributed by atoms with Crippen molar-refractivity contribution >= 4 is 33.4 Å². The van der Waals surface area contributed by atoms with E-state index in [0.29, 0.717) is 21.2 Å². The van der Waals surface area contributed by atoms with Gasteiger partial charge in [0.1, 0.15) is 5.69 Å². The Morgan fingerprint density at radius 3 is 2.93 bits per heavy atom. The smallest absolute Gasteiger partial charge is 0.271 e. The van der Waals surface area contributed by atoms with Gasteiger partial charge in [0.15, 0.2) is 0 Å². The SMILES string of the molecule is O=C(NC1CC1)c1ncc(Cl)cc1Br. The molecule has 1 fully saturated rings. The zero-order valence-electron chi connectivity index (χ0n) is 7.26. The molecular weight excluding hydrogens is 267 g/mol. The second kappa shape index (κ2) is 3.87. The van der Waals surface area contributed by atoms with Crippen LogP contribution in [0.3, 0.4) is 0 Å². The zero-order valence-corrected chi connectivity index (χ0v) is 9.60. The van der Waals surface area contributed by atoms with Crippen molar-refractivity contribution in [3.63, 3.8) is 0 Å². The summed E-state index contributed by atoms with van der Waals surface area (Å²) in [7, 11) is 0. The molecule has 2 rings (SSSR count). The molecule has 1 aliphatic rings. The summed E-state index contributed by atoms with van der Waals surface area (Å²) in [6.45, 7) is 0. The maximum atomic E-state index is 11.6. The third-order valence-electron chi connectivity index (χ3n) is 1.94. The molecule has 0 saturated heterocycles. The van der Waals surface area contributed by atoms with E-state index >= 15 is 0 Å². The second-order valence-electron chi connectivity index (χ2n) is 3.23. The minimum atomic E-state index is -0.143. The highest BCUT2D eigenvalue weighted by molar-refractivity contribution is 9.10. The van der Waals surface area contributed by atoms with Crippen molar-refractivity contribution in [3.8, 4) is 0 Å². The first kappa shape index (κ1) is 9.93. The molecule has 0 spiro atoms. The van der Waals surface area contributed by atoms with Gasteiger partial charge in [0.25, 0.3) is 5.91 Å². The lowest BCUT2D eigenvalue weighted by Crippen LogP contribution is -2.26. The summed E-state index contributed by atoms with van der Waals surface area (Å²) in [4.78, 5) is 15.5. The van der Waals surface area contributed by atoms with E-state index < -0.39 is 0 Å². The lowest BCUT2D eigenvalue weighted by Gasteiger charge is -2.04. The summed E-state index contributed by atoms with van der Waals surface area (Å²) in [5.41, 5.74) is 0.390. The number of hydrogen-bond donors (Lipinski definition) is 1. The van der Waals surface area contributed by atoms with Crippen molar-refractivity contribution < 1.29 is 4.79 Å². The maximum Gasteiger partial charge on any atom is 0.271 e. The molecule has 0 radical (unpaired) electrons. The Balaban J connectivity index is 2.17. The summed E-state index contributed by atoms with van der Waals surface area (Å²) >= 11 is 8.97. The number of rotatable bonds is 2. The summed E-state index contributed by atoms with van der Waals surface area (Å²) in [5, 5.41) is 3.37. The molecule has 74 valence electrons. The van der Waals surface area contributed by atoms with Gasteiger partial charge in [-0.05, 0) is 34.8 Å². The van der Waals surface area contributed by atoms with E-state index in [-0.39, 0.29) is 5.91 Å². The quantitative estimate of drug-likeness (QED) is 0.900. The Morgan fingerprint density at radius 2 is 2.36 bits per heavy atom. The predicted molar refractivity (Wildman–Crippen MR) is 57.4 cm³/mol. The number of carbonyl (C=O) groups is 1. The number of hydrogen-bond acceptors (Lipinski definition) is 2. The fourth-order valence-corrected chi connectivity index (χ4v) is 1.88. The third-order valence-corrected chi connectivity index (χ3v) is 2.75. The molecule has 0 aliphatic heterocycles. The van der Waals surface area contributed by atoms with Crippen molar-refractivity contribution in [2.24, 2.45) is 0 Å². The van der Waals surface area contributed by atoms with Crippen LogP contribution >= 0.6 is 27.5 Å². The van der Waals surface area contributed by atoms with E-state index in [2.05, 4.69) is 26.2 Å². The summed E-state index contributed by atoms with van der Waals surface area (Å²) in [6, 6.07) is 2.00. The average Bonchev–Trinajstić information content (AvgIpc) is 2.87. The first-order valence-corrected chi connectivity index (χ1v) is 5.46. The largest absolute Gasteiger partial charge is 0.348 e. The average molecular weight is 276 g/mol. The van der Waals surface area contributed by atoms with Crippen LogP contribution in [0.25, 0.3) is 0 Å². The van der Waals surface area contributed by atoms with E-state index in [1.165, 1.54) is 6.20 Å². The van der Waals surface area contributed by atoms with Crippen LogP contribution in [-0.2, 0) is 0 Å². The zero-order chi connectivity index (χ0) is 10.1. The Bertz CT molecular complexity index is 379. The van der Waals surface area contributed by atoms with Crippen LogP contribution in [0.2, 0.25) is 5.02 Å². The van der Waals surface area contributed by atoms with Crippen molar-refractivity contribution in [1.82, 2.24) is 10.3 Å². The molecule has 1 saturated carbocycles. The lowest BCUT2D eigenvalue weighted by atomic mass is 10.3. The molecule has 1 aliphatic carbocycles. The van der Waals surface area contributed by atoms with Gasteiger partial charge in [-0.1, -0.05) is 11.6 Å². The fraction of sp³-hybridized carbons (Fsp3) is 0.333. The van der Waals surface area contributed by atoms with E-state index in [9.17, 15) is 4.79 Å². The highest BCUT2D eigenvalue weighted by atomic mass is 79.9. The van der Waals surface area contributed by atoms with Crippen molar-refractivity contribution in [1.29, 1.82) is 0 Å². The van der Waals surface area contributed by atoms with Gasteiger partial charge in [0, 0.05) is 12.2 Å². The van der Waals surface area contributed by atoms with Gasteiger partial charge < -0.3 is 5.32 Å². The first-order chi connectivity index (χ1) is 6.66. The van der Waals surface area contributed by atoms with Gasteiger partial charge in [-0.15, -0.1) is 0 Å². The molecule has 3 nitrogen and oxygen atoms in total. The van der Waals surface area contributed by atoms with Gasteiger partial charge in [0.05, 0.1) is 9.50 Å². The van der Waals surface area contributed by atoms with Crippen LogP contribution < -0.4 is 5.32 Å². The van der Waals surface area contributed by atoms with Gasteiger partial charge in [0.2, 0.25) is 0 Å². The van der Waals surface area contributed by atoms with Crippen molar-refractivity contribution in [2.45, 2.75) is 18.9 Å². The topological polar surface area (TPSA) is 42.0 Å². The molecular formula is C9H8BrClN2O. The highest BCUT2D eigenvalue weighted by Gasteiger charge is 2.25. The number of halogens is 2. The molecule has 1 aromatic heterocycles. The number of nitrogens with zero attached hydrogens (tertiary/aromatic N) is 1. The fourth-order valence-electron chi connectivity index (χ4n) is 1.06. The van der Waals surface area contributed by atoms with Crippen molar-refractivity contribution in [2.75, 3.05) is 0 Å². The molecule has 5 heteroatoms. The van der Waals surface area contributed by atoms with Crippen LogP contribution in [0.1, 0.15) is 23.3 Å². The molecule has 1 heterocycles. The van der Waals surface area contributed by atoms with E-state index in [0.717, 1.165) is 12.8 Å². The molecule has 1 N–H and O–H groups in total. The second-order valence-corrected chi connectivity index (χ2v) is 4.52. The Morgan fingerprint density at radius 1 is 1.64 bits per heavy atom. The van der Waals surface area contributed by atoms with Gasteiger partial charge in [-0.25, -0.2) is 4.98 Å². The van der Waals surface area contributed by atoms with Crippen LogP contribution in [0.15, 0.2) is 16.7 Å². The number of aromatic nitrogens is 1. The van der Waals surface area contributed by atoms with Gasteiger partial charge in [-0.3, -0.25) is 4.79 Å². The van der Waals surface area contributed by atoms with Crippen LogP contribution in [0.4, 0.5) is 0 Å². The highest BCUT2D eigenvalue weighted by Crippen LogP contribution is 2.22. The number of amides is 1. The minimum absolute atomic E-state index is 0.143. The van der Waals surface area contributed by atoms with E-state index in [4.69, 9.17) is 11.6 Å². The minimum Gasteiger partial charge on any atom is -0.348 e. The lowest BCUT2D eigenvalue weighted by molar-refractivity contribution is 0.0945. The molecule has 1 amide bonds. The maximum absolute atomic E-state index is 11.6. The molecule has 0 atom stereocenters. The summed E-state index contributed by atoms with van der Waals surface area (Å²) in [5.74, 6) is -0.143. The third kappa shape index (κ3) is 2.25. The van der Waals surface area contributed by atoms with Crippen LogP contribution in [0, 0.1) is 0 Å². The van der Waals surface area contributed by atoms with E-state index in [1.807, 2.05) is 0 Å². The molecule has 14 heavy (non-hydrogen) atoms. The van der Waals surface area contributed by atoms with Crippen molar-refractivity contribution in [3.05, 3.63) is 27.5 Å². The Labute approximate surface area is 95.0 Å². The van der Waals surface area contributed by atoms with Gasteiger partial charge in [-0.2, -0.15) is 0 Å². The molecule has 0 bridgehead atoms. The van der Waals surface area contributed by atoms with E-state index in [1.54, 1.807) is 6.07 Å². The van der Waals surface area contributed by atoms with Crippen LogP contribution in [0.5, 0.6) is 0 Å². The first-order valence-electron chi connectivity index (χ1n) is 4.29. The molecule has 1 aromatic rings. The molecule has 0 unspecified atom stereocenters. The summed E-state index contributed by atoms with van der Waals surface area (Å²) < 4.78 is 0.628. The predicted octanol–water partition coefficient (Wildman–Crippen LogP) is 2.39. The monoisotopic (exact) mass is 274 g/mol. The number of carbonyl (C=O) groups excluding carboxylic acids is 1. The molecule has 0 aromatic carbocycles. The Hall–Kier alpha value is -0.610. The van der Waals surface area contributed by atoms with Gasteiger partial charge >= 0.3 is 0 Å². The summed E-state index contributed by atoms with van der Waals surface area (Å²) in [6.07, 6.45) is 3.60. The number of pyridine rings is 1. The van der Waals surface area contributed by atoms with Crippen LogP contribution in [-0.4, -0.2) is 16.9 Å². The Kier molecular flexibility index (Phi) is 2.74.